The van der Waals surface area contributed by atoms with Crippen molar-refractivity contribution in [2.45, 2.75) is 112 Å². The first-order valence-electron chi connectivity index (χ1n) is 17.0. The van der Waals surface area contributed by atoms with Crippen molar-refractivity contribution in [3.8, 4) is 41.8 Å². The second-order valence-electron chi connectivity index (χ2n) is 17.6. The van der Waals surface area contributed by atoms with Gasteiger partial charge in [0, 0.05) is 58.8 Å². The van der Waals surface area contributed by atoms with Gasteiger partial charge in [0.05, 0.1) is 0 Å². The van der Waals surface area contributed by atoms with Gasteiger partial charge in [0.1, 0.15) is 0 Å². The predicted octanol–water partition coefficient (Wildman–Crippen LogP) is 12.7. The van der Waals surface area contributed by atoms with Crippen LogP contribution in [0.3, 0.4) is 0 Å². The van der Waals surface area contributed by atoms with E-state index in [4.69, 9.17) is 17.2 Å². The fourth-order valence-electron chi connectivity index (χ4n) is 6.28. The van der Waals surface area contributed by atoms with Gasteiger partial charge in [0.2, 0.25) is 0 Å². The summed E-state index contributed by atoms with van der Waals surface area (Å²) < 4.78 is 0. The van der Waals surface area contributed by atoms with E-state index in [-0.39, 0.29) is 21.7 Å². The van der Waals surface area contributed by atoms with Crippen molar-refractivity contribution in [2.75, 3.05) is 17.2 Å². The third-order valence-electron chi connectivity index (χ3n) is 9.31. The van der Waals surface area contributed by atoms with Gasteiger partial charge in [-0.25, -0.2) is 0 Å². The molecule has 0 amide bonds. The number of aryl methyl sites for hydroxylation is 1. The molecule has 0 fully saturated rings. The lowest BCUT2D eigenvalue weighted by Crippen LogP contribution is -2.18. The van der Waals surface area contributed by atoms with E-state index in [1.54, 1.807) is 22.7 Å². The highest BCUT2D eigenvalue weighted by molar-refractivity contribution is 7.19. The summed E-state index contributed by atoms with van der Waals surface area (Å²) in [5.74, 6) is 0. The van der Waals surface area contributed by atoms with E-state index in [1.807, 2.05) is 0 Å². The summed E-state index contributed by atoms with van der Waals surface area (Å²) in [6.07, 6.45) is 0. The molecule has 5 rings (SSSR count). The summed E-state index contributed by atoms with van der Waals surface area (Å²) >= 11 is 3.51. The van der Waals surface area contributed by atoms with Gasteiger partial charge in [0.25, 0.3) is 0 Å². The van der Waals surface area contributed by atoms with Crippen LogP contribution in [0.5, 0.6) is 0 Å². The van der Waals surface area contributed by atoms with E-state index < -0.39 is 0 Å². The molecule has 0 saturated heterocycles. The smallest absolute Gasteiger partial charge is 0.0490 e. The number of anilines is 3. The van der Waals surface area contributed by atoms with Crippen molar-refractivity contribution in [1.82, 2.24) is 0 Å². The van der Waals surface area contributed by atoms with Gasteiger partial charge >= 0.3 is 0 Å². The predicted molar refractivity (Wildman–Crippen MR) is 217 cm³/mol. The monoisotopic (exact) mass is 677 g/mol. The minimum Gasteiger partial charge on any atom is -0.398 e. The Kier molecular flexibility index (Phi) is 9.02. The van der Waals surface area contributed by atoms with E-state index in [0.29, 0.717) is 0 Å². The van der Waals surface area contributed by atoms with Gasteiger partial charge in [-0.2, -0.15) is 0 Å². The standard InChI is InChI=1S/C43H55N3S2/c1-24-18-27(33-14-16-35(47-33)29-20-25(40(2,3)4)22-31(38(29)45)42(8,9)10)37(44)28(19-24)34-15-17-36(48-34)30-21-26(41(5,6)7)23-32(39(30)46)43(11,12)13/h14-23H,44-46H2,1-13H3. The van der Waals surface area contributed by atoms with Gasteiger partial charge in [-0.3, -0.25) is 0 Å². The highest BCUT2D eigenvalue weighted by atomic mass is 32.1. The van der Waals surface area contributed by atoms with Crippen LogP contribution < -0.4 is 17.2 Å². The highest BCUT2D eigenvalue weighted by Gasteiger charge is 2.27. The van der Waals surface area contributed by atoms with E-state index in [1.165, 1.54) is 27.8 Å². The van der Waals surface area contributed by atoms with Gasteiger partial charge in [-0.15, -0.1) is 22.7 Å². The molecule has 2 heterocycles. The maximum Gasteiger partial charge on any atom is 0.0490 e. The van der Waals surface area contributed by atoms with Crippen LogP contribution in [0, 0.1) is 6.92 Å². The zero-order valence-corrected chi connectivity index (χ0v) is 33.0. The van der Waals surface area contributed by atoms with Crippen LogP contribution in [-0.2, 0) is 21.7 Å². The molecular weight excluding hydrogens is 623 g/mol. The highest BCUT2D eigenvalue weighted by Crippen LogP contribution is 2.48. The largest absolute Gasteiger partial charge is 0.398 e. The second-order valence-corrected chi connectivity index (χ2v) is 19.7. The lowest BCUT2D eigenvalue weighted by molar-refractivity contribution is 0.570. The molecule has 6 N–H and O–H groups in total. The molecule has 48 heavy (non-hydrogen) atoms. The molecule has 3 nitrogen and oxygen atoms in total. The zero-order valence-electron chi connectivity index (χ0n) is 31.3. The zero-order chi connectivity index (χ0) is 35.7. The number of rotatable bonds is 4. The summed E-state index contributed by atoms with van der Waals surface area (Å²) in [6.45, 7) is 29.1. The van der Waals surface area contributed by atoms with Crippen LogP contribution in [0.2, 0.25) is 0 Å². The van der Waals surface area contributed by atoms with Gasteiger partial charge in [-0.1, -0.05) is 95.2 Å². The Labute approximate surface area is 297 Å². The lowest BCUT2D eigenvalue weighted by atomic mass is 9.78. The van der Waals surface area contributed by atoms with E-state index >= 15 is 0 Å². The molecule has 0 aliphatic heterocycles. The normalized spacial score (nSPS) is 12.9. The first kappa shape index (κ1) is 35.8. The summed E-state index contributed by atoms with van der Waals surface area (Å²) in [5, 5.41) is 0. The van der Waals surface area contributed by atoms with Crippen LogP contribution in [0.25, 0.3) is 41.8 Å². The van der Waals surface area contributed by atoms with Crippen molar-refractivity contribution in [3.63, 3.8) is 0 Å². The van der Waals surface area contributed by atoms with Crippen molar-refractivity contribution in [2.24, 2.45) is 0 Å². The van der Waals surface area contributed by atoms with Crippen LogP contribution >= 0.6 is 22.7 Å². The lowest BCUT2D eigenvalue weighted by Gasteiger charge is -2.28. The number of hydrogen-bond donors (Lipinski definition) is 3. The van der Waals surface area contributed by atoms with Crippen LogP contribution in [-0.4, -0.2) is 0 Å². The maximum atomic E-state index is 7.06. The number of nitrogen functional groups attached to an aromatic ring is 3. The fraction of sp³-hybridized carbons (Fsp3) is 0.395. The first-order valence-corrected chi connectivity index (χ1v) is 18.6. The molecule has 3 aromatic carbocycles. The molecule has 0 saturated carbocycles. The van der Waals surface area contributed by atoms with E-state index in [2.05, 4.69) is 151 Å². The Morgan fingerprint density at radius 1 is 0.396 bits per heavy atom. The van der Waals surface area contributed by atoms with E-state index in [0.717, 1.165) is 58.8 Å². The molecule has 5 heteroatoms. The SMILES string of the molecule is Cc1cc(-c2ccc(-c3cc(C(C)(C)C)cc(C(C)(C)C)c3N)s2)c(N)c(-c2ccc(-c3cc(C(C)(C)C)cc(C(C)(C)C)c3N)s2)c1. The Balaban J connectivity index is 1.60. The average molecular weight is 678 g/mol. The molecule has 254 valence electrons. The van der Waals surface area contributed by atoms with Crippen molar-refractivity contribution < 1.29 is 0 Å². The number of hydrogen-bond acceptors (Lipinski definition) is 5. The molecule has 2 aromatic heterocycles. The minimum atomic E-state index is -0.0668. The molecule has 0 aliphatic rings. The average Bonchev–Trinajstić information content (AvgIpc) is 3.62. The Hall–Kier alpha value is -3.54. The Bertz CT molecular complexity index is 1850. The first-order chi connectivity index (χ1) is 22.0. The van der Waals surface area contributed by atoms with Gasteiger partial charge in [0.15, 0.2) is 0 Å². The number of benzene rings is 3. The minimum absolute atomic E-state index is 0.00497. The molecule has 0 bridgehead atoms. The van der Waals surface area contributed by atoms with E-state index in [9.17, 15) is 0 Å². The van der Waals surface area contributed by atoms with Crippen molar-refractivity contribution in [3.05, 3.63) is 88.5 Å². The molecule has 0 unspecified atom stereocenters. The quantitative estimate of drug-likeness (QED) is 0.166. The van der Waals surface area contributed by atoms with Crippen LogP contribution in [0.1, 0.15) is 111 Å². The third-order valence-corrected chi connectivity index (χ3v) is 11.6. The van der Waals surface area contributed by atoms with Crippen LogP contribution in [0.4, 0.5) is 17.1 Å². The number of thiophene rings is 2. The summed E-state index contributed by atoms with van der Waals surface area (Å²) in [5.41, 5.74) is 33.7. The van der Waals surface area contributed by atoms with Crippen molar-refractivity contribution >= 4 is 39.7 Å². The molecule has 0 radical (unpaired) electrons. The van der Waals surface area contributed by atoms with Gasteiger partial charge < -0.3 is 17.2 Å². The maximum absolute atomic E-state index is 7.06. The topological polar surface area (TPSA) is 78.1 Å². The van der Waals surface area contributed by atoms with Crippen LogP contribution in [0.15, 0.2) is 60.7 Å². The van der Waals surface area contributed by atoms with Crippen molar-refractivity contribution in [1.29, 1.82) is 0 Å². The fourth-order valence-corrected chi connectivity index (χ4v) is 8.41. The molecule has 5 aromatic rings. The molecular formula is C43H55N3S2. The number of nitrogens with two attached hydrogens (primary N) is 3. The Morgan fingerprint density at radius 3 is 0.958 bits per heavy atom. The molecule has 0 atom stereocenters. The second kappa shape index (κ2) is 12.1. The molecule has 0 aliphatic carbocycles. The summed E-state index contributed by atoms with van der Waals surface area (Å²) in [4.78, 5) is 4.59. The third kappa shape index (κ3) is 6.95. The van der Waals surface area contributed by atoms with Gasteiger partial charge in [-0.05, 0) is 105 Å². The molecule has 0 spiro atoms. The Morgan fingerprint density at radius 2 is 0.688 bits per heavy atom. The summed E-state index contributed by atoms with van der Waals surface area (Å²) in [7, 11) is 0. The summed E-state index contributed by atoms with van der Waals surface area (Å²) in [6, 6.07) is 22.4.